The van der Waals surface area contributed by atoms with Crippen LogP contribution >= 0.6 is 0 Å². The number of amides is 1. The molecule has 0 aliphatic rings. The molecular formula is C15H16N2O3. The van der Waals surface area contributed by atoms with Gasteiger partial charge in [0.25, 0.3) is 5.91 Å². The molecule has 2 aromatic rings. The predicted octanol–water partition coefficient (Wildman–Crippen LogP) is 2.42. The second-order valence-electron chi connectivity index (χ2n) is 4.26. The van der Waals surface area contributed by atoms with Crippen molar-refractivity contribution in [3.8, 4) is 5.75 Å². The van der Waals surface area contributed by atoms with Crippen molar-refractivity contribution in [3.05, 3.63) is 58.5 Å². The molecule has 0 radical (unpaired) electrons. The number of carbonyl (C=O) groups excluding carboxylic acids is 1. The fourth-order valence-electron chi connectivity index (χ4n) is 1.66. The number of aromatic amines is 1. The molecule has 0 aliphatic carbocycles. The van der Waals surface area contributed by atoms with Crippen LogP contribution in [0.15, 0.2) is 47.3 Å². The standard InChI is InChI=1S/C15H16N2O3/c1-2-9-20-12-6-3-5-11(10-12)16-15(19)13-7-4-8-14(18)17-13/h3-8,10H,2,9H2,1H3,(H,16,19)(H,17,18). The Kier molecular flexibility index (Phi) is 4.55. The zero-order valence-corrected chi connectivity index (χ0v) is 11.2. The van der Waals surface area contributed by atoms with Crippen LogP contribution in [0.5, 0.6) is 5.75 Å². The number of hydrogen-bond acceptors (Lipinski definition) is 3. The van der Waals surface area contributed by atoms with Crippen LogP contribution in [0.2, 0.25) is 0 Å². The molecule has 0 atom stereocenters. The zero-order valence-electron chi connectivity index (χ0n) is 11.2. The molecule has 20 heavy (non-hydrogen) atoms. The normalized spacial score (nSPS) is 10.1. The molecule has 104 valence electrons. The third kappa shape index (κ3) is 3.71. The minimum atomic E-state index is -0.365. The molecule has 0 spiro atoms. The molecule has 1 aromatic carbocycles. The van der Waals surface area contributed by atoms with Crippen molar-refractivity contribution < 1.29 is 9.53 Å². The number of pyridine rings is 1. The number of rotatable bonds is 5. The van der Waals surface area contributed by atoms with E-state index in [1.807, 2.05) is 13.0 Å². The number of aromatic nitrogens is 1. The van der Waals surface area contributed by atoms with Crippen molar-refractivity contribution in [1.82, 2.24) is 4.98 Å². The number of benzene rings is 1. The summed E-state index contributed by atoms with van der Waals surface area (Å²) in [4.78, 5) is 25.6. The molecule has 0 saturated carbocycles. The lowest BCUT2D eigenvalue weighted by Crippen LogP contribution is -2.17. The van der Waals surface area contributed by atoms with E-state index in [9.17, 15) is 9.59 Å². The third-order valence-electron chi connectivity index (χ3n) is 2.58. The fraction of sp³-hybridized carbons (Fsp3) is 0.200. The van der Waals surface area contributed by atoms with Crippen LogP contribution in [0, 0.1) is 0 Å². The van der Waals surface area contributed by atoms with Crippen LogP contribution in [0.3, 0.4) is 0 Å². The molecule has 1 heterocycles. The third-order valence-corrected chi connectivity index (χ3v) is 2.58. The van der Waals surface area contributed by atoms with Gasteiger partial charge in [0.2, 0.25) is 5.56 Å². The SMILES string of the molecule is CCCOc1cccc(NC(=O)c2cccc(=O)[nH]2)c1. The molecule has 1 aromatic heterocycles. The molecule has 1 amide bonds. The number of nitrogens with one attached hydrogen (secondary N) is 2. The maximum atomic E-state index is 12.0. The van der Waals surface area contributed by atoms with Crippen molar-refractivity contribution in [2.75, 3.05) is 11.9 Å². The Morgan fingerprint density at radius 3 is 2.80 bits per heavy atom. The second-order valence-corrected chi connectivity index (χ2v) is 4.26. The Hall–Kier alpha value is -2.56. The quantitative estimate of drug-likeness (QED) is 0.878. The lowest BCUT2D eigenvalue weighted by atomic mass is 10.2. The van der Waals surface area contributed by atoms with Crippen LogP contribution in [0.1, 0.15) is 23.8 Å². The largest absolute Gasteiger partial charge is 0.494 e. The summed E-state index contributed by atoms with van der Waals surface area (Å²) in [5, 5.41) is 2.71. The van der Waals surface area contributed by atoms with Crippen molar-refractivity contribution in [2.24, 2.45) is 0 Å². The van der Waals surface area contributed by atoms with Gasteiger partial charge in [0.15, 0.2) is 0 Å². The summed E-state index contributed by atoms with van der Waals surface area (Å²) in [7, 11) is 0. The van der Waals surface area contributed by atoms with E-state index in [4.69, 9.17) is 4.74 Å². The summed E-state index contributed by atoms with van der Waals surface area (Å²) in [5.74, 6) is 0.335. The average molecular weight is 272 g/mol. The first-order valence-electron chi connectivity index (χ1n) is 6.42. The van der Waals surface area contributed by atoms with E-state index < -0.39 is 0 Å². The maximum absolute atomic E-state index is 12.0. The Morgan fingerprint density at radius 2 is 2.05 bits per heavy atom. The summed E-state index contributed by atoms with van der Waals surface area (Å²) in [6.45, 7) is 2.65. The van der Waals surface area contributed by atoms with Gasteiger partial charge in [-0.3, -0.25) is 9.59 Å². The van der Waals surface area contributed by atoms with Crippen LogP contribution in [0.4, 0.5) is 5.69 Å². The molecule has 0 bridgehead atoms. The summed E-state index contributed by atoms with van der Waals surface area (Å²) in [6.07, 6.45) is 0.918. The van der Waals surface area contributed by atoms with Crippen molar-refractivity contribution in [2.45, 2.75) is 13.3 Å². The number of carbonyl (C=O) groups is 1. The highest BCUT2D eigenvalue weighted by atomic mass is 16.5. The van der Waals surface area contributed by atoms with E-state index in [1.165, 1.54) is 12.1 Å². The summed E-state index contributed by atoms with van der Waals surface area (Å²) < 4.78 is 5.49. The smallest absolute Gasteiger partial charge is 0.272 e. The van der Waals surface area contributed by atoms with E-state index >= 15 is 0 Å². The van der Waals surface area contributed by atoms with Gasteiger partial charge in [-0.2, -0.15) is 0 Å². The minimum Gasteiger partial charge on any atom is -0.494 e. The van der Waals surface area contributed by atoms with Crippen LogP contribution in [-0.4, -0.2) is 17.5 Å². The molecule has 0 aliphatic heterocycles. The Balaban J connectivity index is 2.09. The van der Waals surface area contributed by atoms with Gasteiger partial charge in [-0.1, -0.05) is 19.1 Å². The van der Waals surface area contributed by atoms with E-state index in [-0.39, 0.29) is 17.2 Å². The number of hydrogen-bond donors (Lipinski definition) is 2. The number of ether oxygens (including phenoxy) is 1. The van der Waals surface area contributed by atoms with Gasteiger partial charge in [-0.05, 0) is 24.6 Å². The maximum Gasteiger partial charge on any atom is 0.272 e. The van der Waals surface area contributed by atoms with Crippen LogP contribution in [-0.2, 0) is 0 Å². The fourth-order valence-corrected chi connectivity index (χ4v) is 1.66. The van der Waals surface area contributed by atoms with E-state index in [0.717, 1.165) is 6.42 Å². The van der Waals surface area contributed by atoms with Gasteiger partial charge in [0.1, 0.15) is 11.4 Å². The molecule has 2 rings (SSSR count). The molecule has 0 unspecified atom stereocenters. The zero-order chi connectivity index (χ0) is 14.4. The average Bonchev–Trinajstić information content (AvgIpc) is 2.45. The molecular weight excluding hydrogens is 256 g/mol. The van der Waals surface area contributed by atoms with Crippen molar-refractivity contribution in [1.29, 1.82) is 0 Å². The molecule has 5 nitrogen and oxygen atoms in total. The Labute approximate surface area is 116 Å². The van der Waals surface area contributed by atoms with E-state index in [1.54, 1.807) is 24.3 Å². The summed E-state index contributed by atoms with van der Waals surface area (Å²) in [6, 6.07) is 11.6. The van der Waals surface area contributed by atoms with Gasteiger partial charge in [-0.25, -0.2) is 0 Å². The first kappa shape index (κ1) is 13.9. The monoisotopic (exact) mass is 272 g/mol. The molecule has 0 fully saturated rings. The highest BCUT2D eigenvalue weighted by Crippen LogP contribution is 2.17. The van der Waals surface area contributed by atoms with Gasteiger partial charge in [0, 0.05) is 17.8 Å². The number of H-pyrrole nitrogens is 1. The lowest BCUT2D eigenvalue weighted by molar-refractivity contribution is 0.102. The molecule has 2 N–H and O–H groups in total. The highest BCUT2D eigenvalue weighted by Gasteiger charge is 2.07. The van der Waals surface area contributed by atoms with Crippen molar-refractivity contribution in [3.63, 3.8) is 0 Å². The first-order chi connectivity index (χ1) is 9.69. The van der Waals surface area contributed by atoms with E-state index in [0.29, 0.717) is 18.0 Å². The molecule has 0 saturated heterocycles. The first-order valence-corrected chi connectivity index (χ1v) is 6.42. The molecule has 5 heteroatoms. The highest BCUT2D eigenvalue weighted by molar-refractivity contribution is 6.02. The minimum absolute atomic E-state index is 0.220. The predicted molar refractivity (Wildman–Crippen MR) is 77.2 cm³/mol. The summed E-state index contributed by atoms with van der Waals surface area (Å²) >= 11 is 0. The lowest BCUT2D eigenvalue weighted by Gasteiger charge is -2.08. The second kappa shape index (κ2) is 6.56. The van der Waals surface area contributed by atoms with Gasteiger partial charge in [-0.15, -0.1) is 0 Å². The van der Waals surface area contributed by atoms with Crippen LogP contribution < -0.4 is 15.6 Å². The topological polar surface area (TPSA) is 71.2 Å². The van der Waals surface area contributed by atoms with Crippen molar-refractivity contribution >= 4 is 11.6 Å². The van der Waals surface area contributed by atoms with Gasteiger partial charge >= 0.3 is 0 Å². The summed E-state index contributed by atoms with van der Waals surface area (Å²) in [5.41, 5.74) is 0.531. The Bertz CT molecular complexity index is 649. The Morgan fingerprint density at radius 1 is 1.25 bits per heavy atom. The van der Waals surface area contributed by atoms with Crippen LogP contribution in [0.25, 0.3) is 0 Å². The van der Waals surface area contributed by atoms with Gasteiger partial charge < -0.3 is 15.0 Å². The van der Waals surface area contributed by atoms with E-state index in [2.05, 4.69) is 10.3 Å². The van der Waals surface area contributed by atoms with Gasteiger partial charge in [0.05, 0.1) is 6.61 Å². The number of anilines is 1.